The SMILES string of the molecule is COC(=O)[C@@]12OC[C@]34[C@H]([C@@H](O)[C@@H]1O)[C@@]1(C)CC(=O)C(O)=C(C)[C@@H]1C[C@H]3OC(=O)[C@H](OC(=O)/C=C(/C)C(C)C)[C@@H]24. The minimum atomic E-state index is -2.22. The molecule has 10 atom stereocenters. The number of ketones is 1. The van der Waals surface area contributed by atoms with Gasteiger partial charge in [0.1, 0.15) is 12.2 Å². The van der Waals surface area contributed by atoms with Gasteiger partial charge in [-0.3, -0.25) is 4.79 Å². The molecule has 5 aliphatic rings. The van der Waals surface area contributed by atoms with Crippen molar-refractivity contribution in [2.45, 2.75) is 77.5 Å². The molecule has 0 unspecified atom stereocenters. The van der Waals surface area contributed by atoms with E-state index >= 15 is 0 Å². The highest BCUT2D eigenvalue weighted by molar-refractivity contribution is 5.95. The molecule has 39 heavy (non-hydrogen) atoms. The maximum atomic E-state index is 13.5. The first-order valence-electron chi connectivity index (χ1n) is 13.3. The summed E-state index contributed by atoms with van der Waals surface area (Å²) in [6.07, 6.45) is -4.75. The van der Waals surface area contributed by atoms with E-state index in [0.29, 0.717) is 11.1 Å². The Morgan fingerprint density at radius 1 is 1.18 bits per heavy atom. The monoisotopic (exact) mass is 548 g/mol. The minimum Gasteiger partial charge on any atom is -0.504 e. The maximum Gasteiger partial charge on any atom is 0.348 e. The molecule has 0 aromatic heterocycles. The molecular formula is C28H36O11. The van der Waals surface area contributed by atoms with Gasteiger partial charge in [-0.25, -0.2) is 14.4 Å². The summed E-state index contributed by atoms with van der Waals surface area (Å²) in [4.78, 5) is 52.8. The van der Waals surface area contributed by atoms with Crippen LogP contribution >= 0.6 is 0 Å². The number of ether oxygens (including phenoxy) is 4. The molecule has 0 radical (unpaired) electrons. The summed E-state index contributed by atoms with van der Waals surface area (Å²) < 4.78 is 22.7. The van der Waals surface area contributed by atoms with Crippen LogP contribution in [-0.2, 0) is 38.1 Å². The van der Waals surface area contributed by atoms with Crippen LogP contribution in [0, 0.1) is 34.5 Å². The largest absolute Gasteiger partial charge is 0.504 e. The Kier molecular flexibility index (Phi) is 6.32. The Bertz CT molecular complexity index is 1200. The van der Waals surface area contributed by atoms with Crippen LogP contribution in [0.1, 0.15) is 47.5 Å². The lowest BCUT2D eigenvalue weighted by molar-refractivity contribution is -0.290. The third kappa shape index (κ3) is 3.39. The lowest BCUT2D eigenvalue weighted by Crippen LogP contribution is -2.79. The molecule has 0 aromatic rings. The molecule has 11 heteroatoms. The normalized spacial score (nSPS) is 44.9. The smallest absolute Gasteiger partial charge is 0.348 e. The van der Waals surface area contributed by atoms with Crippen LogP contribution in [0.5, 0.6) is 0 Å². The van der Waals surface area contributed by atoms with Crippen molar-refractivity contribution in [1.29, 1.82) is 0 Å². The minimum absolute atomic E-state index is 0.0302. The first kappa shape index (κ1) is 27.8. The van der Waals surface area contributed by atoms with Crippen molar-refractivity contribution in [2.24, 2.45) is 34.5 Å². The van der Waals surface area contributed by atoms with E-state index < -0.39 is 82.3 Å². The topological polar surface area (TPSA) is 166 Å². The Morgan fingerprint density at radius 2 is 1.85 bits per heavy atom. The van der Waals surface area contributed by atoms with Gasteiger partial charge in [0.05, 0.1) is 25.7 Å². The number of fused-ring (bicyclic) bond motifs is 2. The van der Waals surface area contributed by atoms with Crippen LogP contribution in [0.15, 0.2) is 23.0 Å². The van der Waals surface area contributed by atoms with E-state index in [0.717, 1.165) is 7.11 Å². The molecule has 3 N–H and O–H groups in total. The number of aliphatic hydroxyl groups excluding tert-OH is 3. The number of methoxy groups -OCH3 is 1. The zero-order valence-corrected chi connectivity index (χ0v) is 22.9. The summed E-state index contributed by atoms with van der Waals surface area (Å²) in [5.41, 5.74) is -3.43. The van der Waals surface area contributed by atoms with E-state index in [2.05, 4.69) is 0 Å². The molecule has 4 fully saturated rings. The van der Waals surface area contributed by atoms with Crippen LogP contribution < -0.4 is 0 Å². The molecule has 0 aromatic carbocycles. The molecule has 11 nitrogen and oxygen atoms in total. The highest BCUT2D eigenvalue weighted by Gasteiger charge is 2.85. The first-order chi connectivity index (χ1) is 18.2. The van der Waals surface area contributed by atoms with E-state index in [1.807, 2.05) is 13.8 Å². The second-order valence-corrected chi connectivity index (χ2v) is 12.3. The highest BCUT2D eigenvalue weighted by Crippen LogP contribution is 2.72. The van der Waals surface area contributed by atoms with Crippen LogP contribution in [0.4, 0.5) is 0 Å². The number of allylic oxidation sites excluding steroid dienone is 3. The van der Waals surface area contributed by atoms with Gasteiger partial charge in [-0.1, -0.05) is 26.3 Å². The summed E-state index contributed by atoms with van der Waals surface area (Å²) >= 11 is 0. The Balaban J connectivity index is 1.71. The molecule has 2 bridgehead atoms. The van der Waals surface area contributed by atoms with Gasteiger partial charge in [0, 0.05) is 23.8 Å². The van der Waals surface area contributed by atoms with Crippen LogP contribution in [-0.4, -0.2) is 82.7 Å². The number of hydrogen-bond donors (Lipinski definition) is 3. The maximum absolute atomic E-state index is 13.5. The molecular weight excluding hydrogens is 512 g/mol. The van der Waals surface area contributed by atoms with Crippen molar-refractivity contribution >= 4 is 23.7 Å². The Hall–Kier alpha value is -2.76. The van der Waals surface area contributed by atoms with E-state index in [1.165, 1.54) is 6.08 Å². The Labute approximate surface area is 226 Å². The summed E-state index contributed by atoms with van der Waals surface area (Å²) in [7, 11) is 1.10. The fraction of sp³-hybridized carbons (Fsp3) is 0.714. The number of aliphatic hydroxyl groups is 3. The van der Waals surface area contributed by atoms with Gasteiger partial charge < -0.3 is 34.3 Å². The van der Waals surface area contributed by atoms with E-state index in [4.69, 9.17) is 18.9 Å². The average Bonchev–Trinajstić information content (AvgIpc) is 3.18. The van der Waals surface area contributed by atoms with Gasteiger partial charge in [0.15, 0.2) is 11.5 Å². The van der Waals surface area contributed by atoms with Crippen molar-refractivity contribution in [1.82, 2.24) is 0 Å². The molecule has 2 heterocycles. The quantitative estimate of drug-likeness (QED) is 0.262. The second kappa shape index (κ2) is 8.87. The van der Waals surface area contributed by atoms with Gasteiger partial charge in [-0.2, -0.15) is 0 Å². The zero-order chi connectivity index (χ0) is 28.8. The summed E-state index contributed by atoms with van der Waals surface area (Å²) in [5.74, 6) is -6.26. The number of rotatable bonds is 4. The van der Waals surface area contributed by atoms with Gasteiger partial charge in [-0.05, 0) is 43.1 Å². The second-order valence-electron chi connectivity index (χ2n) is 12.3. The van der Waals surface area contributed by atoms with Gasteiger partial charge in [0.2, 0.25) is 11.7 Å². The fourth-order valence-electron chi connectivity index (χ4n) is 8.37. The van der Waals surface area contributed by atoms with E-state index in [9.17, 15) is 34.5 Å². The third-order valence-corrected chi connectivity index (χ3v) is 10.3. The summed E-state index contributed by atoms with van der Waals surface area (Å²) in [6, 6.07) is 0. The number of esters is 3. The zero-order valence-electron chi connectivity index (χ0n) is 22.9. The van der Waals surface area contributed by atoms with Crippen LogP contribution in [0.2, 0.25) is 0 Å². The molecule has 0 amide bonds. The number of hydrogen-bond acceptors (Lipinski definition) is 11. The van der Waals surface area contributed by atoms with Crippen molar-refractivity contribution in [2.75, 3.05) is 13.7 Å². The third-order valence-electron chi connectivity index (χ3n) is 10.3. The van der Waals surface area contributed by atoms with Gasteiger partial charge in [-0.15, -0.1) is 0 Å². The molecule has 3 aliphatic carbocycles. The average molecular weight is 549 g/mol. The van der Waals surface area contributed by atoms with Crippen molar-refractivity contribution in [3.8, 4) is 0 Å². The highest BCUT2D eigenvalue weighted by atomic mass is 16.6. The van der Waals surface area contributed by atoms with Gasteiger partial charge >= 0.3 is 17.9 Å². The molecule has 1 spiro atoms. The van der Waals surface area contributed by atoms with Crippen molar-refractivity contribution in [3.05, 3.63) is 23.0 Å². The van der Waals surface area contributed by atoms with Crippen LogP contribution in [0.3, 0.4) is 0 Å². The fourth-order valence-corrected chi connectivity index (χ4v) is 8.37. The standard InChI is InChI=1S/C28H36O11/c1-11(2)12(3)7-17(30)39-20-22-27-10-37-28(22,25(35)36-6)23(33)19(32)21(27)26(5)9-15(29)18(31)13(4)14(26)8-16(27)38-24(20)34/h7,11,14,16,19-23,31-33H,8-10H2,1-6H3/b12-7-/t14-,16+,19+,20+,21+,22+,23-,26-,27+,28-/m0/s1. The Morgan fingerprint density at radius 3 is 2.46 bits per heavy atom. The van der Waals surface area contributed by atoms with Crippen molar-refractivity contribution < 1.29 is 53.4 Å². The molecule has 2 saturated carbocycles. The first-order valence-corrected chi connectivity index (χ1v) is 13.3. The summed E-state index contributed by atoms with van der Waals surface area (Å²) in [5, 5.41) is 33.7. The van der Waals surface area contributed by atoms with Gasteiger partial charge in [0.25, 0.3) is 0 Å². The molecule has 214 valence electrons. The number of carbonyl (C=O) groups excluding carboxylic acids is 4. The van der Waals surface area contributed by atoms with E-state index in [1.54, 1.807) is 20.8 Å². The molecule has 2 saturated heterocycles. The molecule has 5 rings (SSSR count). The predicted molar refractivity (Wildman–Crippen MR) is 132 cm³/mol. The number of Topliss-reactive ketones (excluding diaryl/α,β-unsaturated/α-hetero) is 1. The van der Waals surface area contributed by atoms with E-state index in [-0.39, 0.29) is 31.1 Å². The van der Waals surface area contributed by atoms with Crippen molar-refractivity contribution in [3.63, 3.8) is 0 Å². The lowest BCUT2D eigenvalue weighted by atomic mass is 9.38. The lowest BCUT2D eigenvalue weighted by Gasteiger charge is -2.67. The summed E-state index contributed by atoms with van der Waals surface area (Å²) in [6.45, 7) is 8.72. The molecule has 2 aliphatic heterocycles. The number of carbonyl (C=O) groups is 4. The predicted octanol–water partition coefficient (Wildman–Crippen LogP) is 1.15. The van der Waals surface area contributed by atoms with Crippen LogP contribution in [0.25, 0.3) is 0 Å².